The monoisotopic (exact) mass is 380 g/mol. The van der Waals surface area contributed by atoms with Crippen LogP contribution in [0.2, 0.25) is 0 Å². The Labute approximate surface area is 166 Å². The van der Waals surface area contributed by atoms with Gasteiger partial charge in [0.2, 0.25) is 11.8 Å². The maximum absolute atomic E-state index is 13.3. The summed E-state index contributed by atoms with van der Waals surface area (Å²) in [7, 11) is 0. The number of nitrogens with zero attached hydrogens (tertiary/aromatic N) is 1. The van der Waals surface area contributed by atoms with Crippen molar-refractivity contribution in [1.29, 1.82) is 0 Å². The fraction of sp³-hybridized carbons (Fsp3) is 0.478. The van der Waals surface area contributed by atoms with Crippen LogP contribution in [0, 0.1) is 5.92 Å². The van der Waals surface area contributed by atoms with Crippen molar-refractivity contribution >= 4 is 11.8 Å². The molecule has 4 rings (SSSR count). The first-order valence-corrected chi connectivity index (χ1v) is 10.3. The van der Waals surface area contributed by atoms with Crippen LogP contribution < -0.4 is 5.32 Å². The second kappa shape index (κ2) is 7.82. The van der Waals surface area contributed by atoms with Gasteiger partial charge >= 0.3 is 0 Å². The number of fused-ring (bicyclic) bond motifs is 2. The lowest BCUT2D eigenvalue weighted by Gasteiger charge is -2.37. The second-order valence-corrected chi connectivity index (χ2v) is 8.36. The van der Waals surface area contributed by atoms with Gasteiger partial charge in [-0.25, -0.2) is 0 Å². The van der Waals surface area contributed by atoms with E-state index in [0.29, 0.717) is 19.4 Å². The fourth-order valence-electron chi connectivity index (χ4n) is 4.39. The molecule has 2 aromatic rings. The Balaban J connectivity index is 1.56. The summed E-state index contributed by atoms with van der Waals surface area (Å²) in [5.41, 5.74) is 3.37. The van der Waals surface area contributed by atoms with E-state index in [0.717, 1.165) is 41.7 Å². The van der Waals surface area contributed by atoms with Crippen molar-refractivity contribution in [2.45, 2.75) is 64.6 Å². The smallest absolute Gasteiger partial charge is 0.243 e. The topological polar surface area (TPSA) is 62.6 Å². The summed E-state index contributed by atoms with van der Waals surface area (Å²) in [6.07, 6.45) is 5.55. The Kier molecular flexibility index (Phi) is 5.25. The minimum atomic E-state index is -0.460. The van der Waals surface area contributed by atoms with Crippen molar-refractivity contribution in [3.63, 3.8) is 0 Å². The van der Waals surface area contributed by atoms with E-state index in [2.05, 4.69) is 17.4 Å². The average molecular weight is 380 g/mol. The Morgan fingerprint density at radius 1 is 1.21 bits per heavy atom. The van der Waals surface area contributed by atoms with Crippen LogP contribution in [0.5, 0.6) is 0 Å². The van der Waals surface area contributed by atoms with Crippen molar-refractivity contribution in [3.05, 3.63) is 59.0 Å². The number of furan rings is 1. The van der Waals surface area contributed by atoms with Gasteiger partial charge in [-0.05, 0) is 36.0 Å². The number of hydrogen-bond donors (Lipinski definition) is 1. The SMILES string of the molecule is CC(C)CC(=O)N1Cc2ccccc2CC1C(=O)NC1CCCc2occc21. The summed E-state index contributed by atoms with van der Waals surface area (Å²) in [4.78, 5) is 28.0. The van der Waals surface area contributed by atoms with Gasteiger partial charge in [-0.2, -0.15) is 0 Å². The van der Waals surface area contributed by atoms with Gasteiger partial charge < -0.3 is 14.6 Å². The lowest BCUT2D eigenvalue weighted by Crippen LogP contribution is -2.53. The third kappa shape index (κ3) is 3.71. The molecule has 1 aromatic heterocycles. The van der Waals surface area contributed by atoms with Gasteiger partial charge in [0.1, 0.15) is 11.8 Å². The quantitative estimate of drug-likeness (QED) is 0.878. The van der Waals surface area contributed by atoms with Crippen molar-refractivity contribution in [2.24, 2.45) is 5.92 Å². The highest BCUT2D eigenvalue weighted by atomic mass is 16.3. The molecular weight excluding hydrogens is 352 g/mol. The highest BCUT2D eigenvalue weighted by molar-refractivity contribution is 5.89. The zero-order chi connectivity index (χ0) is 19.7. The molecule has 28 heavy (non-hydrogen) atoms. The summed E-state index contributed by atoms with van der Waals surface area (Å²) in [6.45, 7) is 4.57. The minimum absolute atomic E-state index is 0.0331. The first-order valence-electron chi connectivity index (χ1n) is 10.3. The van der Waals surface area contributed by atoms with Crippen LogP contribution >= 0.6 is 0 Å². The lowest BCUT2D eigenvalue weighted by atomic mass is 9.90. The van der Waals surface area contributed by atoms with Gasteiger partial charge in [-0.3, -0.25) is 9.59 Å². The van der Waals surface area contributed by atoms with Crippen LogP contribution in [0.4, 0.5) is 0 Å². The van der Waals surface area contributed by atoms with E-state index in [-0.39, 0.29) is 23.8 Å². The standard InChI is InChI=1S/C23H28N2O3/c1-15(2)12-22(26)25-14-17-7-4-3-6-16(17)13-20(25)23(27)24-19-8-5-9-21-18(19)10-11-28-21/h3-4,6-7,10-11,15,19-20H,5,8-9,12-14H2,1-2H3,(H,24,27). The van der Waals surface area contributed by atoms with Crippen molar-refractivity contribution in [3.8, 4) is 0 Å². The number of rotatable bonds is 4. The molecular formula is C23H28N2O3. The molecule has 2 aliphatic rings. The van der Waals surface area contributed by atoms with Crippen LogP contribution in [0.15, 0.2) is 41.0 Å². The summed E-state index contributed by atoms with van der Waals surface area (Å²) in [5.74, 6) is 1.22. The van der Waals surface area contributed by atoms with Gasteiger partial charge in [-0.1, -0.05) is 38.1 Å². The van der Waals surface area contributed by atoms with E-state index in [1.807, 2.05) is 32.0 Å². The van der Waals surface area contributed by atoms with E-state index in [1.165, 1.54) is 0 Å². The zero-order valence-electron chi connectivity index (χ0n) is 16.6. The number of hydrogen-bond acceptors (Lipinski definition) is 3. The number of carbonyl (C=O) groups is 2. The molecule has 0 fully saturated rings. The summed E-state index contributed by atoms with van der Waals surface area (Å²) in [5, 5.41) is 3.21. The summed E-state index contributed by atoms with van der Waals surface area (Å²) < 4.78 is 5.55. The number of amides is 2. The van der Waals surface area contributed by atoms with Crippen molar-refractivity contribution < 1.29 is 14.0 Å². The molecule has 1 aliphatic carbocycles. The Morgan fingerprint density at radius 2 is 2.00 bits per heavy atom. The van der Waals surface area contributed by atoms with Crippen LogP contribution in [0.1, 0.15) is 61.6 Å². The maximum Gasteiger partial charge on any atom is 0.243 e. The molecule has 1 aliphatic heterocycles. The molecule has 0 spiro atoms. The number of benzene rings is 1. The minimum Gasteiger partial charge on any atom is -0.469 e. The highest BCUT2D eigenvalue weighted by Crippen LogP contribution is 2.31. The van der Waals surface area contributed by atoms with Crippen molar-refractivity contribution in [1.82, 2.24) is 10.2 Å². The van der Waals surface area contributed by atoms with Crippen molar-refractivity contribution in [2.75, 3.05) is 0 Å². The maximum atomic E-state index is 13.3. The molecule has 5 heteroatoms. The van der Waals surface area contributed by atoms with Crippen LogP contribution in [0.25, 0.3) is 0 Å². The molecule has 1 N–H and O–H groups in total. The van der Waals surface area contributed by atoms with Gasteiger partial charge in [-0.15, -0.1) is 0 Å². The second-order valence-electron chi connectivity index (χ2n) is 8.36. The molecule has 148 valence electrons. The van der Waals surface area contributed by atoms with E-state index < -0.39 is 6.04 Å². The first-order chi connectivity index (χ1) is 13.5. The molecule has 0 radical (unpaired) electrons. The Morgan fingerprint density at radius 3 is 2.79 bits per heavy atom. The molecule has 2 heterocycles. The molecule has 0 bridgehead atoms. The van der Waals surface area contributed by atoms with Gasteiger partial charge in [0.25, 0.3) is 0 Å². The van der Waals surface area contributed by atoms with E-state index in [4.69, 9.17) is 4.42 Å². The van der Waals surface area contributed by atoms with Crippen LogP contribution in [0.3, 0.4) is 0 Å². The van der Waals surface area contributed by atoms with Gasteiger partial charge in [0.15, 0.2) is 0 Å². The molecule has 2 atom stereocenters. The zero-order valence-corrected chi connectivity index (χ0v) is 16.6. The Hall–Kier alpha value is -2.56. The number of carbonyl (C=O) groups excluding carboxylic acids is 2. The fourth-order valence-corrected chi connectivity index (χ4v) is 4.39. The molecule has 2 unspecified atom stereocenters. The first kappa shape index (κ1) is 18.8. The lowest BCUT2D eigenvalue weighted by molar-refractivity contribution is -0.142. The predicted octanol–water partition coefficient (Wildman–Crippen LogP) is 3.77. The predicted molar refractivity (Wildman–Crippen MR) is 106 cm³/mol. The van der Waals surface area contributed by atoms with Crippen LogP contribution in [-0.2, 0) is 29.0 Å². The van der Waals surface area contributed by atoms with Gasteiger partial charge in [0, 0.05) is 31.4 Å². The average Bonchev–Trinajstić information content (AvgIpc) is 3.16. The molecule has 5 nitrogen and oxygen atoms in total. The van der Waals surface area contributed by atoms with E-state index in [9.17, 15) is 9.59 Å². The molecule has 0 saturated carbocycles. The third-order valence-electron chi connectivity index (χ3n) is 5.82. The van der Waals surface area contributed by atoms with Crippen LogP contribution in [-0.4, -0.2) is 22.8 Å². The molecule has 1 aromatic carbocycles. The number of aryl methyl sites for hydroxylation is 1. The summed E-state index contributed by atoms with van der Waals surface area (Å²) >= 11 is 0. The third-order valence-corrected chi connectivity index (χ3v) is 5.82. The molecule has 0 saturated heterocycles. The molecule has 2 amide bonds. The number of nitrogens with one attached hydrogen (secondary N) is 1. The Bertz CT molecular complexity index is 870. The summed E-state index contributed by atoms with van der Waals surface area (Å²) in [6, 6.07) is 9.57. The largest absolute Gasteiger partial charge is 0.469 e. The highest BCUT2D eigenvalue weighted by Gasteiger charge is 2.36. The van der Waals surface area contributed by atoms with E-state index >= 15 is 0 Å². The van der Waals surface area contributed by atoms with Gasteiger partial charge in [0.05, 0.1) is 12.3 Å². The van der Waals surface area contributed by atoms with E-state index in [1.54, 1.807) is 11.2 Å². The normalized spacial score (nSPS) is 21.2.